The Bertz CT molecular complexity index is 766. The van der Waals surface area contributed by atoms with Crippen molar-refractivity contribution in [3.8, 4) is 0 Å². The van der Waals surface area contributed by atoms with Crippen LogP contribution in [0.4, 0.5) is 5.69 Å². The Kier molecular flexibility index (Phi) is 5.08. The van der Waals surface area contributed by atoms with Gasteiger partial charge in [-0.15, -0.1) is 11.3 Å². The van der Waals surface area contributed by atoms with Gasteiger partial charge in [0.15, 0.2) is 0 Å². The standard InChI is InChI=1S/C17H17N3O4S/c21-16(12-13-3-5-14(6-4-13)20(23)24)18-7-9-19(10-8-18)17(22)15-2-1-11-25-15/h1-6,11H,7-10,12H2. The molecule has 0 spiro atoms. The number of nitrogens with zero attached hydrogens (tertiary/aromatic N) is 3. The van der Waals surface area contributed by atoms with Crippen LogP contribution in [-0.2, 0) is 11.2 Å². The van der Waals surface area contributed by atoms with E-state index < -0.39 is 4.92 Å². The van der Waals surface area contributed by atoms with Crippen LogP contribution >= 0.6 is 11.3 Å². The number of carbonyl (C=O) groups is 2. The molecule has 3 rings (SSSR count). The number of nitro benzene ring substituents is 1. The molecule has 0 saturated carbocycles. The van der Waals surface area contributed by atoms with Crippen molar-refractivity contribution in [2.75, 3.05) is 26.2 Å². The molecule has 0 atom stereocenters. The van der Waals surface area contributed by atoms with E-state index in [4.69, 9.17) is 0 Å². The number of rotatable bonds is 4. The maximum Gasteiger partial charge on any atom is 0.269 e. The minimum atomic E-state index is -0.463. The number of benzene rings is 1. The predicted octanol–water partition coefficient (Wildman–Crippen LogP) is 2.18. The van der Waals surface area contributed by atoms with Gasteiger partial charge in [0.2, 0.25) is 5.91 Å². The van der Waals surface area contributed by atoms with Crippen LogP contribution in [0.1, 0.15) is 15.2 Å². The number of nitro groups is 1. The molecule has 1 saturated heterocycles. The molecule has 2 heterocycles. The molecule has 1 aliphatic rings. The summed E-state index contributed by atoms with van der Waals surface area (Å²) < 4.78 is 0. The summed E-state index contributed by atoms with van der Waals surface area (Å²) >= 11 is 1.42. The molecule has 130 valence electrons. The van der Waals surface area contributed by atoms with Gasteiger partial charge >= 0.3 is 0 Å². The zero-order valence-electron chi connectivity index (χ0n) is 13.5. The second-order valence-electron chi connectivity index (χ2n) is 5.75. The van der Waals surface area contributed by atoms with E-state index in [1.165, 1.54) is 23.5 Å². The van der Waals surface area contributed by atoms with Gasteiger partial charge in [-0.25, -0.2) is 0 Å². The van der Waals surface area contributed by atoms with Crippen LogP contribution < -0.4 is 0 Å². The SMILES string of the molecule is O=C(Cc1ccc([N+](=O)[O-])cc1)N1CCN(C(=O)c2cccs2)CC1. The second kappa shape index (κ2) is 7.43. The lowest BCUT2D eigenvalue weighted by atomic mass is 10.1. The van der Waals surface area contributed by atoms with Gasteiger partial charge in [0.1, 0.15) is 0 Å². The molecule has 0 aliphatic carbocycles. The predicted molar refractivity (Wildman–Crippen MR) is 93.6 cm³/mol. The first kappa shape index (κ1) is 17.1. The first-order chi connectivity index (χ1) is 12.0. The molecule has 1 fully saturated rings. The minimum absolute atomic E-state index is 0.0110. The Morgan fingerprint density at radius 1 is 1.04 bits per heavy atom. The van der Waals surface area contributed by atoms with Crippen LogP contribution in [0.15, 0.2) is 41.8 Å². The van der Waals surface area contributed by atoms with Crippen LogP contribution in [0.25, 0.3) is 0 Å². The molecule has 7 nitrogen and oxygen atoms in total. The fourth-order valence-corrected chi connectivity index (χ4v) is 3.43. The molecular weight excluding hydrogens is 342 g/mol. The van der Waals surface area contributed by atoms with E-state index in [0.717, 1.165) is 5.56 Å². The van der Waals surface area contributed by atoms with Crippen LogP contribution in [0.2, 0.25) is 0 Å². The third kappa shape index (κ3) is 4.03. The van der Waals surface area contributed by atoms with Gasteiger partial charge in [-0.1, -0.05) is 18.2 Å². The van der Waals surface area contributed by atoms with Crippen LogP contribution in [0, 0.1) is 10.1 Å². The normalized spacial score (nSPS) is 14.4. The summed E-state index contributed by atoms with van der Waals surface area (Å²) in [4.78, 5) is 39.1. The molecule has 0 N–H and O–H groups in total. The smallest absolute Gasteiger partial charge is 0.269 e. The summed E-state index contributed by atoms with van der Waals surface area (Å²) in [5.41, 5.74) is 0.754. The third-order valence-corrected chi connectivity index (χ3v) is 5.01. The van der Waals surface area contributed by atoms with Crippen molar-refractivity contribution in [2.24, 2.45) is 0 Å². The van der Waals surface area contributed by atoms with Gasteiger partial charge in [0.25, 0.3) is 11.6 Å². The highest BCUT2D eigenvalue weighted by atomic mass is 32.1. The summed E-state index contributed by atoms with van der Waals surface area (Å²) in [5, 5.41) is 12.5. The van der Waals surface area contributed by atoms with Crippen molar-refractivity contribution in [1.29, 1.82) is 0 Å². The topological polar surface area (TPSA) is 83.8 Å². The molecule has 25 heavy (non-hydrogen) atoms. The second-order valence-corrected chi connectivity index (χ2v) is 6.70. The Hall–Kier alpha value is -2.74. The molecule has 0 unspecified atom stereocenters. The molecule has 1 aromatic carbocycles. The monoisotopic (exact) mass is 359 g/mol. The summed E-state index contributed by atoms with van der Waals surface area (Å²) in [7, 11) is 0. The van der Waals surface area contributed by atoms with Gasteiger partial charge in [-0.05, 0) is 17.0 Å². The van der Waals surface area contributed by atoms with Crippen molar-refractivity contribution < 1.29 is 14.5 Å². The Morgan fingerprint density at radius 2 is 1.68 bits per heavy atom. The average molecular weight is 359 g/mol. The summed E-state index contributed by atoms with van der Waals surface area (Å²) in [6.07, 6.45) is 0.205. The zero-order valence-corrected chi connectivity index (χ0v) is 14.3. The fourth-order valence-electron chi connectivity index (χ4n) is 2.74. The van der Waals surface area contributed by atoms with Crippen molar-refractivity contribution in [2.45, 2.75) is 6.42 Å². The van der Waals surface area contributed by atoms with Crippen LogP contribution in [0.5, 0.6) is 0 Å². The van der Waals surface area contributed by atoms with Crippen LogP contribution in [-0.4, -0.2) is 52.7 Å². The molecular formula is C17H17N3O4S. The lowest BCUT2D eigenvalue weighted by Crippen LogP contribution is -2.50. The summed E-state index contributed by atoms with van der Waals surface area (Å²) in [6, 6.07) is 9.67. The largest absolute Gasteiger partial charge is 0.339 e. The number of thiophene rings is 1. The van der Waals surface area contributed by atoms with Gasteiger partial charge in [-0.3, -0.25) is 19.7 Å². The highest BCUT2D eigenvalue weighted by Gasteiger charge is 2.25. The van der Waals surface area contributed by atoms with Gasteiger partial charge in [0.05, 0.1) is 16.2 Å². The lowest BCUT2D eigenvalue weighted by Gasteiger charge is -2.34. The van der Waals surface area contributed by atoms with E-state index in [1.807, 2.05) is 11.4 Å². The van der Waals surface area contributed by atoms with Crippen molar-refractivity contribution in [3.63, 3.8) is 0 Å². The van der Waals surface area contributed by atoms with Crippen molar-refractivity contribution in [3.05, 3.63) is 62.3 Å². The number of non-ortho nitro benzene ring substituents is 1. The fraction of sp³-hybridized carbons (Fsp3) is 0.294. The van der Waals surface area contributed by atoms with E-state index in [1.54, 1.807) is 28.0 Å². The molecule has 2 aromatic rings. The molecule has 1 aromatic heterocycles. The molecule has 8 heteroatoms. The maximum atomic E-state index is 12.4. The lowest BCUT2D eigenvalue weighted by molar-refractivity contribution is -0.384. The van der Waals surface area contributed by atoms with E-state index in [9.17, 15) is 19.7 Å². The van der Waals surface area contributed by atoms with Gasteiger partial charge < -0.3 is 9.80 Å². The van der Waals surface area contributed by atoms with Gasteiger partial charge in [-0.2, -0.15) is 0 Å². The Balaban J connectivity index is 1.53. The first-order valence-electron chi connectivity index (χ1n) is 7.88. The Morgan fingerprint density at radius 3 is 2.24 bits per heavy atom. The number of hydrogen-bond acceptors (Lipinski definition) is 5. The van der Waals surface area contributed by atoms with Gasteiger partial charge in [0, 0.05) is 38.3 Å². The van der Waals surface area contributed by atoms with E-state index >= 15 is 0 Å². The highest BCUT2D eigenvalue weighted by molar-refractivity contribution is 7.12. The number of piperazine rings is 1. The number of amides is 2. The molecule has 2 amide bonds. The van der Waals surface area contributed by atoms with Crippen molar-refractivity contribution >= 4 is 28.8 Å². The summed E-state index contributed by atoms with van der Waals surface area (Å²) in [5.74, 6) is -0.0189. The molecule has 1 aliphatic heterocycles. The summed E-state index contributed by atoms with van der Waals surface area (Å²) in [6.45, 7) is 2.04. The van der Waals surface area contributed by atoms with Crippen LogP contribution in [0.3, 0.4) is 0 Å². The van der Waals surface area contributed by atoms with Crippen molar-refractivity contribution in [1.82, 2.24) is 9.80 Å². The maximum absolute atomic E-state index is 12.4. The quantitative estimate of drug-likeness (QED) is 0.619. The van der Waals surface area contributed by atoms with E-state index in [-0.39, 0.29) is 23.9 Å². The first-order valence-corrected chi connectivity index (χ1v) is 8.76. The zero-order chi connectivity index (χ0) is 17.8. The minimum Gasteiger partial charge on any atom is -0.339 e. The van der Waals surface area contributed by atoms with E-state index in [2.05, 4.69) is 0 Å². The third-order valence-electron chi connectivity index (χ3n) is 4.15. The molecule has 0 radical (unpaired) electrons. The average Bonchev–Trinajstić information content (AvgIpc) is 3.16. The highest BCUT2D eigenvalue weighted by Crippen LogP contribution is 2.16. The Labute approximate surface area is 148 Å². The molecule has 0 bridgehead atoms. The number of carbonyl (C=O) groups excluding carboxylic acids is 2. The number of hydrogen-bond donors (Lipinski definition) is 0. The van der Waals surface area contributed by atoms with E-state index in [0.29, 0.717) is 31.1 Å².